The Labute approximate surface area is 69.0 Å². The van der Waals surface area contributed by atoms with Crippen LogP contribution in [-0.2, 0) is 6.42 Å². The molecule has 1 aromatic carbocycles. The predicted octanol–water partition coefficient (Wildman–Crippen LogP) is 2.94. The van der Waals surface area contributed by atoms with Crippen molar-refractivity contribution in [2.24, 2.45) is 0 Å². The summed E-state index contributed by atoms with van der Waals surface area (Å²) in [5.41, 5.74) is 0.820. The summed E-state index contributed by atoms with van der Waals surface area (Å²) in [6.45, 7) is 1.72. The number of benzene rings is 1. The molecule has 0 N–H and O–H groups in total. The van der Waals surface area contributed by atoms with Crippen LogP contribution in [0.5, 0.6) is 0 Å². The lowest BCUT2D eigenvalue weighted by molar-refractivity contribution is 0.148. The molecule has 0 bridgehead atoms. The minimum Gasteiger partial charge on any atom is -0.210 e. The van der Waals surface area contributed by atoms with E-state index in [1.165, 1.54) is 12.1 Å². The lowest BCUT2D eigenvalue weighted by atomic mass is 10.1. The van der Waals surface area contributed by atoms with Crippen molar-refractivity contribution >= 4 is 0 Å². The number of rotatable bonds is 2. The SMILES string of the molecule is Cc1ccc(CC(F)F)c(F)c1. The number of halogens is 3. The van der Waals surface area contributed by atoms with Crippen LogP contribution >= 0.6 is 0 Å². The molecule has 66 valence electrons. The van der Waals surface area contributed by atoms with Crippen molar-refractivity contribution in [3.05, 3.63) is 35.1 Å². The second-order valence-corrected chi connectivity index (χ2v) is 2.69. The van der Waals surface area contributed by atoms with Crippen molar-refractivity contribution in [3.8, 4) is 0 Å². The molecule has 0 spiro atoms. The number of hydrogen-bond donors (Lipinski definition) is 0. The molecule has 0 atom stereocenters. The van der Waals surface area contributed by atoms with Crippen LogP contribution in [0.15, 0.2) is 18.2 Å². The second kappa shape index (κ2) is 3.61. The maximum Gasteiger partial charge on any atom is 0.242 e. The lowest BCUT2D eigenvalue weighted by Crippen LogP contribution is -1.99. The second-order valence-electron chi connectivity index (χ2n) is 2.69. The molecular weight excluding hydrogens is 165 g/mol. The van der Waals surface area contributed by atoms with Gasteiger partial charge in [0.1, 0.15) is 5.82 Å². The lowest BCUT2D eigenvalue weighted by Gasteiger charge is -2.02. The van der Waals surface area contributed by atoms with Crippen molar-refractivity contribution in [3.63, 3.8) is 0 Å². The molecule has 0 fully saturated rings. The predicted molar refractivity (Wildman–Crippen MR) is 40.8 cm³/mol. The van der Waals surface area contributed by atoms with E-state index >= 15 is 0 Å². The first-order valence-electron chi connectivity index (χ1n) is 3.63. The molecule has 0 amide bonds. The van der Waals surface area contributed by atoms with Crippen LogP contribution in [0.1, 0.15) is 11.1 Å². The van der Waals surface area contributed by atoms with E-state index in [1.54, 1.807) is 13.0 Å². The monoisotopic (exact) mass is 174 g/mol. The molecule has 0 unspecified atom stereocenters. The molecule has 0 aliphatic heterocycles. The van der Waals surface area contributed by atoms with Crippen LogP contribution in [0.3, 0.4) is 0 Å². The van der Waals surface area contributed by atoms with Gasteiger partial charge in [0, 0.05) is 6.42 Å². The minimum atomic E-state index is -2.48. The summed E-state index contributed by atoms with van der Waals surface area (Å²) in [6.07, 6.45) is -2.99. The van der Waals surface area contributed by atoms with Gasteiger partial charge in [0.05, 0.1) is 0 Å². The number of alkyl halides is 2. The number of hydrogen-bond acceptors (Lipinski definition) is 0. The average molecular weight is 174 g/mol. The molecule has 0 saturated heterocycles. The average Bonchev–Trinajstić information content (AvgIpc) is 1.94. The quantitative estimate of drug-likeness (QED) is 0.646. The summed E-state index contributed by atoms with van der Waals surface area (Å²) in [4.78, 5) is 0. The highest BCUT2D eigenvalue weighted by Crippen LogP contribution is 2.13. The van der Waals surface area contributed by atoms with Crippen molar-refractivity contribution in [1.82, 2.24) is 0 Å². The van der Waals surface area contributed by atoms with Gasteiger partial charge >= 0.3 is 0 Å². The van der Waals surface area contributed by atoms with E-state index in [0.717, 1.165) is 5.56 Å². The zero-order chi connectivity index (χ0) is 9.14. The standard InChI is InChI=1S/C9H9F3/c1-6-2-3-7(5-9(11)12)8(10)4-6/h2-4,9H,5H2,1H3. The molecule has 0 nitrogen and oxygen atoms in total. The van der Waals surface area contributed by atoms with Gasteiger partial charge in [-0.3, -0.25) is 0 Å². The van der Waals surface area contributed by atoms with E-state index in [-0.39, 0.29) is 5.56 Å². The molecule has 0 saturated carbocycles. The third-order valence-electron chi connectivity index (χ3n) is 1.58. The minimum absolute atomic E-state index is 0.0793. The Morgan fingerprint density at radius 1 is 1.33 bits per heavy atom. The number of aryl methyl sites for hydroxylation is 1. The molecule has 0 aromatic heterocycles. The van der Waals surface area contributed by atoms with Gasteiger partial charge in [-0.05, 0) is 24.1 Å². The van der Waals surface area contributed by atoms with Gasteiger partial charge in [-0.2, -0.15) is 0 Å². The van der Waals surface area contributed by atoms with Crippen LogP contribution in [0.25, 0.3) is 0 Å². The maximum absolute atomic E-state index is 12.9. The topological polar surface area (TPSA) is 0 Å². The van der Waals surface area contributed by atoms with Crippen LogP contribution in [0.4, 0.5) is 13.2 Å². The van der Waals surface area contributed by atoms with Gasteiger partial charge in [0.15, 0.2) is 0 Å². The Hall–Kier alpha value is -0.990. The summed E-state index contributed by atoms with van der Waals surface area (Å²) >= 11 is 0. The smallest absolute Gasteiger partial charge is 0.210 e. The summed E-state index contributed by atoms with van der Waals surface area (Å²) in [5, 5.41) is 0. The third-order valence-corrected chi connectivity index (χ3v) is 1.58. The molecule has 12 heavy (non-hydrogen) atoms. The molecule has 0 aliphatic rings. The zero-order valence-corrected chi connectivity index (χ0v) is 6.65. The summed E-state index contributed by atoms with van der Waals surface area (Å²) in [6, 6.07) is 4.29. The fourth-order valence-corrected chi connectivity index (χ4v) is 0.984. The van der Waals surface area contributed by atoms with Gasteiger partial charge in [0.2, 0.25) is 6.43 Å². The van der Waals surface area contributed by atoms with Gasteiger partial charge in [0.25, 0.3) is 0 Å². The fourth-order valence-electron chi connectivity index (χ4n) is 0.984. The van der Waals surface area contributed by atoms with E-state index in [1.807, 2.05) is 0 Å². The molecule has 0 radical (unpaired) electrons. The van der Waals surface area contributed by atoms with E-state index in [9.17, 15) is 13.2 Å². The highest BCUT2D eigenvalue weighted by molar-refractivity contribution is 5.23. The highest BCUT2D eigenvalue weighted by atomic mass is 19.3. The van der Waals surface area contributed by atoms with E-state index in [4.69, 9.17) is 0 Å². The highest BCUT2D eigenvalue weighted by Gasteiger charge is 2.08. The normalized spacial score (nSPS) is 10.8. The first-order chi connectivity index (χ1) is 5.59. The maximum atomic E-state index is 12.9. The Balaban J connectivity index is 2.86. The van der Waals surface area contributed by atoms with E-state index in [0.29, 0.717) is 0 Å². The summed E-state index contributed by atoms with van der Waals surface area (Å²) in [5.74, 6) is -0.546. The van der Waals surface area contributed by atoms with E-state index in [2.05, 4.69) is 0 Å². The van der Waals surface area contributed by atoms with Crippen LogP contribution in [-0.4, -0.2) is 6.43 Å². The third kappa shape index (κ3) is 2.26. The van der Waals surface area contributed by atoms with Crippen LogP contribution < -0.4 is 0 Å². The largest absolute Gasteiger partial charge is 0.242 e. The Morgan fingerprint density at radius 3 is 2.50 bits per heavy atom. The first-order valence-corrected chi connectivity index (χ1v) is 3.63. The van der Waals surface area contributed by atoms with Gasteiger partial charge in [-0.1, -0.05) is 12.1 Å². The van der Waals surface area contributed by atoms with Crippen molar-refractivity contribution in [2.75, 3.05) is 0 Å². The zero-order valence-electron chi connectivity index (χ0n) is 6.65. The molecular formula is C9H9F3. The van der Waals surface area contributed by atoms with Gasteiger partial charge in [-0.15, -0.1) is 0 Å². The molecule has 3 heteroatoms. The Bertz CT molecular complexity index is 268. The Kier molecular flexibility index (Phi) is 2.74. The molecule has 0 heterocycles. The first kappa shape index (κ1) is 9.10. The van der Waals surface area contributed by atoms with Crippen molar-refractivity contribution in [2.45, 2.75) is 19.8 Å². The van der Waals surface area contributed by atoms with Crippen LogP contribution in [0, 0.1) is 12.7 Å². The molecule has 0 aliphatic carbocycles. The molecule has 1 rings (SSSR count). The van der Waals surface area contributed by atoms with Gasteiger partial charge in [-0.25, -0.2) is 13.2 Å². The summed E-state index contributed by atoms with van der Waals surface area (Å²) in [7, 11) is 0. The van der Waals surface area contributed by atoms with Crippen molar-refractivity contribution < 1.29 is 13.2 Å². The van der Waals surface area contributed by atoms with E-state index < -0.39 is 18.7 Å². The van der Waals surface area contributed by atoms with Crippen LogP contribution in [0.2, 0.25) is 0 Å². The molecule has 1 aromatic rings. The van der Waals surface area contributed by atoms with Gasteiger partial charge < -0.3 is 0 Å². The summed E-state index contributed by atoms with van der Waals surface area (Å²) < 4.78 is 36.5. The van der Waals surface area contributed by atoms with Crippen molar-refractivity contribution in [1.29, 1.82) is 0 Å². The fraction of sp³-hybridized carbons (Fsp3) is 0.333. The Morgan fingerprint density at radius 2 is 2.00 bits per heavy atom.